The Labute approximate surface area is 154 Å². The Kier molecular flexibility index (Phi) is 5.41. The van der Waals surface area contributed by atoms with Crippen LogP contribution in [0.15, 0.2) is 27.4 Å². The first-order valence-corrected chi connectivity index (χ1v) is 8.31. The molecule has 154 valence electrons. The molecule has 1 atom stereocenters. The standard InChI is InChI=1S/C16H16F6N4O2/c17-12(18)11(15(19)3-5-23-6-4-15)24-10-7-8(13-25-26-14(27)28-13)1-2-9(10)16(20,21)22/h1-2,7,11-12,23-24H,3-6H2,(H,26,27). The van der Waals surface area contributed by atoms with E-state index in [1.165, 1.54) is 0 Å². The fourth-order valence-electron chi connectivity index (χ4n) is 3.14. The maximum absolute atomic E-state index is 15.1. The van der Waals surface area contributed by atoms with Gasteiger partial charge in [0.2, 0.25) is 5.89 Å². The Morgan fingerprint density at radius 2 is 1.89 bits per heavy atom. The molecule has 1 aromatic carbocycles. The van der Waals surface area contributed by atoms with Gasteiger partial charge in [0, 0.05) is 11.3 Å². The summed E-state index contributed by atoms with van der Waals surface area (Å²) < 4.78 is 87.0. The number of halogens is 6. The van der Waals surface area contributed by atoms with Gasteiger partial charge in [-0.05, 0) is 44.1 Å². The van der Waals surface area contributed by atoms with Crippen LogP contribution in [0.1, 0.15) is 18.4 Å². The highest BCUT2D eigenvalue weighted by molar-refractivity contribution is 5.65. The molecule has 0 amide bonds. The van der Waals surface area contributed by atoms with Crippen molar-refractivity contribution in [1.82, 2.24) is 15.5 Å². The summed E-state index contributed by atoms with van der Waals surface area (Å²) in [4.78, 5) is 11.1. The SMILES string of the molecule is O=c1[nH]nc(-c2ccc(C(F)(F)F)c(NC(C(F)F)C3(F)CCNCC3)c2)o1. The molecule has 1 aliphatic heterocycles. The van der Waals surface area contributed by atoms with Crippen LogP contribution in [-0.2, 0) is 6.18 Å². The van der Waals surface area contributed by atoms with E-state index < -0.39 is 41.3 Å². The smallest absolute Gasteiger partial charge is 0.388 e. The van der Waals surface area contributed by atoms with Gasteiger partial charge in [-0.2, -0.15) is 13.2 Å². The molecule has 0 aliphatic carbocycles. The second-order valence-electron chi connectivity index (χ2n) is 6.42. The Morgan fingerprint density at radius 3 is 2.43 bits per heavy atom. The molecule has 0 bridgehead atoms. The molecule has 1 unspecified atom stereocenters. The average Bonchev–Trinajstić information content (AvgIpc) is 3.05. The zero-order valence-corrected chi connectivity index (χ0v) is 14.2. The lowest BCUT2D eigenvalue weighted by molar-refractivity contribution is -0.137. The number of rotatable bonds is 5. The second-order valence-corrected chi connectivity index (χ2v) is 6.42. The first kappa shape index (κ1) is 20.2. The van der Waals surface area contributed by atoms with Crippen molar-refractivity contribution in [2.75, 3.05) is 18.4 Å². The number of alkyl halides is 6. The van der Waals surface area contributed by atoms with E-state index in [2.05, 4.69) is 20.1 Å². The zero-order chi connectivity index (χ0) is 20.5. The normalized spacial score (nSPS) is 18.2. The molecule has 0 spiro atoms. The molecule has 1 aromatic heterocycles. The number of hydrogen-bond acceptors (Lipinski definition) is 5. The lowest BCUT2D eigenvalue weighted by atomic mass is 9.86. The number of nitrogens with zero attached hydrogens (tertiary/aromatic N) is 1. The number of benzene rings is 1. The fraction of sp³-hybridized carbons (Fsp3) is 0.500. The molecule has 2 heterocycles. The van der Waals surface area contributed by atoms with Gasteiger partial charge in [-0.25, -0.2) is 23.1 Å². The van der Waals surface area contributed by atoms with E-state index in [1.807, 2.05) is 5.10 Å². The number of aromatic amines is 1. The van der Waals surface area contributed by atoms with E-state index in [0.29, 0.717) is 6.07 Å². The highest BCUT2D eigenvalue weighted by Gasteiger charge is 2.46. The molecular weight excluding hydrogens is 394 g/mol. The minimum absolute atomic E-state index is 0.0694. The number of nitrogens with one attached hydrogen (secondary N) is 3. The number of H-pyrrole nitrogens is 1. The third-order valence-electron chi connectivity index (χ3n) is 4.57. The summed E-state index contributed by atoms with van der Waals surface area (Å²) in [6.45, 7) is 0.262. The number of hydrogen-bond donors (Lipinski definition) is 3. The van der Waals surface area contributed by atoms with Crippen molar-refractivity contribution in [1.29, 1.82) is 0 Å². The number of aromatic nitrogens is 2. The largest absolute Gasteiger partial charge is 0.434 e. The summed E-state index contributed by atoms with van der Waals surface area (Å²) >= 11 is 0. The molecule has 28 heavy (non-hydrogen) atoms. The van der Waals surface area contributed by atoms with E-state index in [0.717, 1.165) is 12.1 Å². The van der Waals surface area contributed by atoms with Crippen molar-refractivity contribution < 1.29 is 30.8 Å². The van der Waals surface area contributed by atoms with E-state index in [-0.39, 0.29) is 37.4 Å². The third-order valence-corrected chi connectivity index (χ3v) is 4.57. The Hall–Kier alpha value is -2.50. The Balaban J connectivity index is 2.02. The van der Waals surface area contributed by atoms with Crippen LogP contribution in [0.25, 0.3) is 11.5 Å². The van der Waals surface area contributed by atoms with Gasteiger partial charge in [0.15, 0.2) is 0 Å². The minimum Gasteiger partial charge on any atom is -0.388 e. The maximum Gasteiger partial charge on any atom is 0.434 e. The molecule has 1 aliphatic rings. The van der Waals surface area contributed by atoms with Gasteiger partial charge >= 0.3 is 11.9 Å². The summed E-state index contributed by atoms with van der Waals surface area (Å²) in [5, 5.41) is 10.3. The van der Waals surface area contributed by atoms with Gasteiger partial charge < -0.3 is 15.1 Å². The van der Waals surface area contributed by atoms with Crippen molar-refractivity contribution in [2.24, 2.45) is 0 Å². The molecule has 3 N–H and O–H groups in total. The number of anilines is 1. The minimum atomic E-state index is -4.88. The maximum atomic E-state index is 15.1. The van der Waals surface area contributed by atoms with Gasteiger partial charge in [-0.1, -0.05) is 0 Å². The van der Waals surface area contributed by atoms with Gasteiger partial charge in [0.25, 0.3) is 6.43 Å². The molecule has 1 fully saturated rings. The molecule has 6 nitrogen and oxygen atoms in total. The molecule has 1 saturated heterocycles. The van der Waals surface area contributed by atoms with Gasteiger partial charge in [0.05, 0.1) is 5.56 Å². The van der Waals surface area contributed by atoms with Crippen LogP contribution in [0.4, 0.5) is 32.0 Å². The average molecular weight is 410 g/mol. The topological polar surface area (TPSA) is 83.0 Å². The lowest BCUT2D eigenvalue weighted by Crippen LogP contribution is -2.53. The lowest BCUT2D eigenvalue weighted by Gasteiger charge is -2.38. The second kappa shape index (κ2) is 7.49. The summed E-state index contributed by atoms with van der Waals surface area (Å²) in [5.41, 5.74) is -4.47. The van der Waals surface area contributed by atoms with Crippen LogP contribution in [0.5, 0.6) is 0 Å². The van der Waals surface area contributed by atoms with Crippen molar-refractivity contribution >= 4 is 5.69 Å². The van der Waals surface area contributed by atoms with Crippen LogP contribution in [-0.4, -0.2) is 41.4 Å². The van der Waals surface area contributed by atoms with Crippen molar-refractivity contribution in [3.63, 3.8) is 0 Å². The highest BCUT2D eigenvalue weighted by Crippen LogP contribution is 2.40. The number of piperidine rings is 1. The van der Waals surface area contributed by atoms with Crippen molar-refractivity contribution in [3.05, 3.63) is 34.3 Å². The van der Waals surface area contributed by atoms with Crippen molar-refractivity contribution in [3.8, 4) is 11.5 Å². The monoisotopic (exact) mass is 410 g/mol. The van der Waals surface area contributed by atoms with E-state index in [1.54, 1.807) is 0 Å². The Bertz CT molecular complexity index is 873. The molecule has 12 heteroatoms. The molecule has 0 radical (unpaired) electrons. The molecule has 3 rings (SSSR count). The summed E-state index contributed by atoms with van der Waals surface area (Å²) in [6.07, 6.45) is -8.68. The van der Waals surface area contributed by atoms with Crippen molar-refractivity contribution in [2.45, 2.75) is 37.2 Å². The van der Waals surface area contributed by atoms with Gasteiger partial charge in [-0.3, -0.25) is 0 Å². The van der Waals surface area contributed by atoms with Gasteiger partial charge in [-0.15, -0.1) is 5.10 Å². The molecule has 2 aromatic rings. The highest BCUT2D eigenvalue weighted by atomic mass is 19.4. The van der Waals surface area contributed by atoms with Crippen LogP contribution in [0.3, 0.4) is 0 Å². The predicted octanol–water partition coefficient (Wildman–Crippen LogP) is 3.19. The van der Waals surface area contributed by atoms with E-state index in [4.69, 9.17) is 0 Å². The predicted molar refractivity (Wildman–Crippen MR) is 86.9 cm³/mol. The summed E-state index contributed by atoms with van der Waals surface area (Å²) in [6, 6.07) is 0.293. The Morgan fingerprint density at radius 1 is 1.21 bits per heavy atom. The third kappa shape index (κ3) is 4.16. The van der Waals surface area contributed by atoms with E-state index in [9.17, 15) is 26.7 Å². The first-order valence-electron chi connectivity index (χ1n) is 8.31. The van der Waals surface area contributed by atoms with E-state index >= 15 is 4.39 Å². The van der Waals surface area contributed by atoms with Crippen LogP contribution >= 0.6 is 0 Å². The van der Waals surface area contributed by atoms with Crippen LogP contribution in [0.2, 0.25) is 0 Å². The quantitative estimate of drug-likeness (QED) is 0.660. The molecular formula is C16H16F6N4O2. The van der Waals surface area contributed by atoms with Gasteiger partial charge in [0.1, 0.15) is 11.7 Å². The first-order chi connectivity index (χ1) is 13.1. The fourth-order valence-corrected chi connectivity index (χ4v) is 3.14. The van der Waals surface area contributed by atoms with Crippen LogP contribution in [0, 0.1) is 0 Å². The molecule has 0 saturated carbocycles. The van der Waals surface area contributed by atoms with Crippen LogP contribution < -0.4 is 16.4 Å². The summed E-state index contributed by atoms with van der Waals surface area (Å²) in [7, 11) is 0. The zero-order valence-electron chi connectivity index (χ0n) is 14.2. The summed E-state index contributed by atoms with van der Waals surface area (Å²) in [5.74, 6) is -1.26.